The number of hydrogen-bond acceptors (Lipinski definition) is 4. The molecule has 0 aliphatic rings. The Kier molecular flexibility index (Phi) is 5.71. The molecule has 0 aliphatic carbocycles. The number of ether oxygens (including phenoxy) is 2. The summed E-state index contributed by atoms with van der Waals surface area (Å²) in [6.07, 6.45) is 0. The SMILES string of the molecule is Cc1cc(C)c(NC(=O)COc2ccc(Oc3ccccc3)cc2)c(C)n1. The van der Waals surface area contributed by atoms with Crippen LogP contribution >= 0.6 is 0 Å². The molecule has 3 rings (SSSR count). The minimum Gasteiger partial charge on any atom is -0.484 e. The molecular weight excluding hydrogens is 340 g/mol. The molecular formula is C22H22N2O3. The second-order valence-corrected chi connectivity index (χ2v) is 6.26. The number of carbonyl (C=O) groups excluding carboxylic acids is 1. The van der Waals surface area contributed by atoms with Gasteiger partial charge in [-0.25, -0.2) is 0 Å². The molecule has 0 fully saturated rings. The number of hydrogen-bond donors (Lipinski definition) is 1. The molecule has 0 saturated carbocycles. The van der Waals surface area contributed by atoms with Gasteiger partial charge >= 0.3 is 0 Å². The number of para-hydroxylation sites is 1. The minimum atomic E-state index is -0.225. The summed E-state index contributed by atoms with van der Waals surface area (Å²) in [6.45, 7) is 5.68. The Hall–Kier alpha value is -3.34. The monoisotopic (exact) mass is 362 g/mol. The molecule has 3 aromatic rings. The first-order valence-electron chi connectivity index (χ1n) is 8.72. The Morgan fingerprint density at radius 2 is 1.56 bits per heavy atom. The van der Waals surface area contributed by atoms with Crippen LogP contribution in [0.15, 0.2) is 60.7 Å². The number of benzene rings is 2. The lowest BCUT2D eigenvalue weighted by molar-refractivity contribution is -0.118. The molecule has 138 valence electrons. The molecule has 0 atom stereocenters. The Morgan fingerprint density at radius 1 is 0.926 bits per heavy atom. The van der Waals surface area contributed by atoms with Crippen molar-refractivity contribution in [1.29, 1.82) is 0 Å². The van der Waals surface area contributed by atoms with E-state index in [4.69, 9.17) is 9.47 Å². The van der Waals surface area contributed by atoms with Gasteiger partial charge in [0.1, 0.15) is 17.2 Å². The lowest BCUT2D eigenvalue weighted by Gasteiger charge is -2.13. The highest BCUT2D eigenvalue weighted by Crippen LogP contribution is 2.24. The molecule has 27 heavy (non-hydrogen) atoms. The standard InChI is InChI=1S/C22H22N2O3/c1-15-13-16(2)23-17(3)22(15)24-21(25)14-26-18-9-11-20(12-10-18)27-19-7-5-4-6-8-19/h4-13H,14H2,1-3H3,(H,24,25). The molecule has 0 unspecified atom stereocenters. The van der Waals surface area contributed by atoms with E-state index in [2.05, 4.69) is 10.3 Å². The van der Waals surface area contributed by atoms with Gasteiger partial charge in [-0.3, -0.25) is 9.78 Å². The third-order valence-electron chi connectivity index (χ3n) is 3.96. The van der Waals surface area contributed by atoms with E-state index in [0.29, 0.717) is 11.5 Å². The zero-order valence-corrected chi connectivity index (χ0v) is 15.7. The maximum Gasteiger partial charge on any atom is 0.262 e. The van der Waals surface area contributed by atoms with Crippen LogP contribution in [0.25, 0.3) is 0 Å². The van der Waals surface area contributed by atoms with Crippen molar-refractivity contribution in [2.45, 2.75) is 20.8 Å². The molecule has 0 aliphatic heterocycles. The van der Waals surface area contributed by atoms with Crippen molar-refractivity contribution in [2.24, 2.45) is 0 Å². The number of aromatic nitrogens is 1. The largest absolute Gasteiger partial charge is 0.484 e. The van der Waals surface area contributed by atoms with E-state index in [1.54, 1.807) is 24.3 Å². The van der Waals surface area contributed by atoms with Gasteiger partial charge in [0, 0.05) is 5.69 Å². The lowest BCUT2D eigenvalue weighted by Crippen LogP contribution is -2.21. The molecule has 1 N–H and O–H groups in total. The zero-order chi connectivity index (χ0) is 19.2. The van der Waals surface area contributed by atoms with Gasteiger partial charge in [-0.2, -0.15) is 0 Å². The highest BCUT2D eigenvalue weighted by molar-refractivity contribution is 5.93. The van der Waals surface area contributed by atoms with Crippen molar-refractivity contribution in [1.82, 2.24) is 4.98 Å². The number of anilines is 1. The number of amides is 1. The van der Waals surface area contributed by atoms with Crippen LogP contribution in [0, 0.1) is 20.8 Å². The molecule has 1 amide bonds. The fraction of sp³-hybridized carbons (Fsp3) is 0.182. The third kappa shape index (κ3) is 5.07. The molecule has 1 heterocycles. The Labute approximate surface area is 159 Å². The summed E-state index contributed by atoms with van der Waals surface area (Å²) < 4.78 is 11.3. The molecule has 5 nitrogen and oxygen atoms in total. The summed E-state index contributed by atoms with van der Waals surface area (Å²) in [4.78, 5) is 16.6. The average molecular weight is 362 g/mol. The van der Waals surface area contributed by atoms with Crippen molar-refractivity contribution in [2.75, 3.05) is 11.9 Å². The summed E-state index contributed by atoms with van der Waals surface area (Å²) in [5.41, 5.74) is 3.44. The molecule has 1 aromatic heterocycles. The first-order chi connectivity index (χ1) is 13.0. The van der Waals surface area contributed by atoms with Gasteiger partial charge in [0.2, 0.25) is 0 Å². The predicted octanol–water partition coefficient (Wildman–Crippen LogP) is 4.82. The maximum absolute atomic E-state index is 12.2. The summed E-state index contributed by atoms with van der Waals surface area (Å²) in [7, 11) is 0. The van der Waals surface area contributed by atoms with Crippen LogP contribution in [0.2, 0.25) is 0 Å². The number of aryl methyl sites for hydroxylation is 3. The maximum atomic E-state index is 12.2. The zero-order valence-electron chi connectivity index (χ0n) is 15.7. The van der Waals surface area contributed by atoms with Crippen LogP contribution in [0.3, 0.4) is 0 Å². The second kappa shape index (κ2) is 8.36. The van der Waals surface area contributed by atoms with E-state index in [9.17, 15) is 4.79 Å². The quantitative estimate of drug-likeness (QED) is 0.683. The van der Waals surface area contributed by atoms with Crippen LogP contribution in [0.5, 0.6) is 17.2 Å². The van der Waals surface area contributed by atoms with E-state index in [-0.39, 0.29) is 12.5 Å². The number of rotatable bonds is 6. The summed E-state index contributed by atoms with van der Waals surface area (Å²) in [5, 5.41) is 2.87. The average Bonchev–Trinajstić information content (AvgIpc) is 2.65. The number of nitrogens with zero attached hydrogens (tertiary/aromatic N) is 1. The highest BCUT2D eigenvalue weighted by Gasteiger charge is 2.10. The third-order valence-corrected chi connectivity index (χ3v) is 3.96. The highest BCUT2D eigenvalue weighted by atomic mass is 16.5. The van der Waals surface area contributed by atoms with Crippen LogP contribution in [0.1, 0.15) is 17.0 Å². The van der Waals surface area contributed by atoms with Gasteiger partial charge in [0.05, 0.1) is 11.4 Å². The molecule has 2 aromatic carbocycles. The van der Waals surface area contributed by atoms with Crippen molar-refractivity contribution in [3.63, 3.8) is 0 Å². The van der Waals surface area contributed by atoms with E-state index in [0.717, 1.165) is 28.4 Å². The number of carbonyl (C=O) groups is 1. The first-order valence-corrected chi connectivity index (χ1v) is 8.72. The van der Waals surface area contributed by atoms with Gasteiger partial charge in [-0.15, -0.1) is 0 Å². The summed E-state index contributed by atoms with van der Waals surface area (Å²) >= 11 is 0. The first kappa shape index (κ1) is 18.5. The van der Waals surface area contributed by atoms with Crippen molar-refractivity contribution < 1.29 is 14.3 Å². The molecule has 0 spiro atoms. The van der Waals surface area contributed by atoms with Crippen LogP contribution < -0.4 is 14.8 Å². The molecule has 0 bridgehead atoms. The minimum absolute atomic E-state index is 0.0777. The predicted molar refractivity (Wildman–Crippen MR) is 106 cm³/mol. The van der Waals surface area contributed by atoms with Crippen molar-refractivity contribution >= 4 is 11.6 Å². The number of pyridine rings is 1. The van der Waals surface area contributed by atoms with Crippen molar-refractivity contribution in [3.05, 3.63) is 77.6 Å². The van der Waals surface area contributed by atoms with Gasteiger partial charge in [0.15, 0.2) is 6.61 Å². The van der Waals surface area contributed by atoms with E-state index >= 15 is 0 Å². The second-order valence-electron chi connectivity index (χ2n) is 6.26. The summed E-state index contributed by atoms with van der Waals surface area (Å²) in [6, 6.07) is 18.6. The van der Waals surface area contributed by atoms with Gasteiger partial charge < -0.3 is 14.8 Å². The fourth-order valence-corrected chi connectivity index (χ4v) is 2.77. The van der Waals surface area contributed by atoms with Gasteiger partial charge in [0.25, 0.3) is 5.91 Å². The fourth-order valence-electron chi connectivity index (χ4n) is 2.77. The smallest absolute Gasteiger partial charge is 0.262 e. The van der Waals surface area contributed by atoms with E-state index < -0.39 is 0 Å². The molecule has 0 radical (unpaired) electrons. The van der Waals surface area contributed by atoms with E-state index in [1.165, 1.54) is 0 Å². The van der Waals surface area contributed by atoms with E-state index in [1.807, 2.05) is 57.2 Å². The van der Waals surface area contributed by atoms with Crippen LogP contribution in [-0.2, 0) is 4.79 Å². The Balaban J connectivity index is 1.55. The van der Waals surface area contributed by atoms with Gasteiger partial charge in [-0.05, 0) is 68.8 Å². The van der Waals surface area contributed by atoms with Crippen LogP contribution in [0.4, 0.5) is 5.69 Å². The molecule has 0 saturated heterocycles. The topological polar surface area (TPSA) is 60.5 Å². The number of nitrogens with one attached hydrogen (secondary N) is 1. The van der Waals surface area contributed by atoms with Crippen molar-refractivity contribution in [3.8, 4) is 17.2 Å². The van der Waals surface area contributed by atoms with Gasteiger partial charge in [-0.1, -0.05) is 18.2 Å². The van der Waals surface area contributed by atoms with Crippen LogP contribution in [-0.4, -0.2) is 17.5 Å². The molecule has 5 heteroatoms. The Morgan fingerprint density at radius 3 is 2.22 bits per heavy atom. The summed E-state index contributed by atoms with van der Waals surface area (Å²) in [5.74, 6) is 1.84. The lowest BCUT2D eigenvalue weighted by atomic mass is 10.1. The normalized spacial score (nSPS) is 10.3. The Bertz CT molecular complexity index is 899.